The molecule has 4 nitrogen and oxygen atoms in total. The molecule has 2 aromatic rings. The van der Waals surface area contributed by atoms with Crippen molar-refractivity contribution in [1.29, 1.82) is 0 Å². The van der Waals surface area contributed by atoms with Gasteiger partial charge in [0.05, 0.1) is 4.88 Å². The van der Waals surface area contributed by atoms with Gasteiger partial charge in [-0.15, -0.1) is 11.3 Å². The SMILES string of the molecule is CCCCNC(=O)c1ncoc1-c1cccs1. The third-order valence-electron chi connectivity index (χ3n) is 2.34. The minimum absolute atomic E-state index is 0.171. The number of nitrogens with one attached hydrogen (secondary N) is 1. The van der Waals surface area contributed by atoms with Crippen LogP contribution in [0.25, 0.3) is 10.6 Å². The van der Waals surface area contributed by atoms with E-state index in [2.05, 4.69) is 17.2 Å². The Bertz CT molecular complexity index is 476. The first-order valence-electron chi connectivity index (χ1n) is 5.58. The number of oxazole rings is 1. The Morgan fingerprint density at radius 3 is 3.18 bits per heavy atom. The van der Waals surface area contributed by atoms with Gasteiger partial charge in [0, 0.05) is 6.54 Å². The summed E-state index contributed by atoms with van der Waals surface area (Å²) >= 11 is 1.53. The van der Waals surface area contributed by atoms with Gasteiger partial charge >= 0.3 is 0 Å². The standard InChI is InChI=1S/C12H14N2O2S/c1-2-3-6-13-12(15)10-11(16-8-14-10)9-5-4-7-17-9/h4-5,7-8H,2-3,6H2,1H3,(H,13,15). The molecular formula is C12H14N2O2S. The Hall–Kier alpha value is -1.62. The van der Waals surface area contributed by atoms with Crippen LogP contribution in [0.2, 0.25) is 0 Å². The molecule has 0 aliphatic heterocycles. The van der Waals surface area contributed by atoms with Crippen LogP contribution in [0.4, 0.5) is 0 Å². The van der Waals surface area contributed by atoms with Crippen molar-refractivity contribution in [1.82, 2.24) is 10.3 Å². The average molecular weight is 250 g/mol. The molecule has 0 aliphatic carbocycles. The summed E-state index contributed by atoms with van der Waals surface area (Å²) in [6, 6.07) is 3.83. The Balaban J connectivity index is 2.11. The monoisotopic (exact) mass is 250 g/mol. The second-order valence-corrected chi connectivity index (χ2v) is 4.56. The minimum atomic E-state index is -0.171. The lowest BCUT2D eigenvalue weighted by Crippen LogP contribution is -2.25. The maximum atomic E-state index is 11.9. The van der Waals surface area contributed by atoms with Gasteiger partial charge in [-0.3, -0.25) is 4.79 Å². The van der Waals surface area contributed by atoms with Gasteiger partial charge in [0.2, 0.25) is 0 Å². The molecule has 0 spiro atoms. The zero-order chi connectivity index (χ0) is 12.1. The normalized spacial score (nSPS) is 10.4. The Labute approximate surface area is 104 Å². The summed E-state index contributed by atoms with van der Waals surface area (Å²) in [5.74, 6) is 0.379. The molecule has 2 aromatic heterocycles. The number of rotatable bonds is 5. The van der Waals surface area contributed by atoms with Gasteiger partial charge in [-0.1, -0.05) is 19.4 Å². The first-order valence-corrected chi connectivity index (χ1v) is 6.46. The van der Waals surface area contributed by atoms with E-state index in [0.717, 1.165) is 17.7 Å². The summed E-state index contributed by atoms with van der Waals surface area (Å²) in [6.07, 6.45) is 3.33. The molecule has 1 N–H and O–H groups in total. The van der Waals surface area contributed by atoms with Crippen LogP contribution >= 0.6 is 11.3 Å². The van der Waals surface area contributed by atoms with E-state index >= 15 is 0 Å². The molecule has 17 heavy (non-hydrogen) atoms. The second kappa shape index (κ2) is 5.63. The van der Waals surface area contributed by atoms with E-state index in [1.165, 1.54) is 17.7 Å². The summed E-state index contributed by atoms with van der Waals surface area (Å²) in [6.45, 7) is 2.76. The third-order valence-corrected chi connectivity index (χ3v) is 3.21. The van der Waals surface area contributed by atoms with E-state index < -0.39 is 0 Å². The van der Waals surface area contributed by atoms with Crippen LogP contribution in [0.1, 0.15) is 30.3 Å². The highest BCUT2D eigenvalue weighted by molar-refractivity contribution is 7.13. The molecular weight excluding hydrogens is 236 g/mol. The number of nitrogens with zero attached hydrogens (tertiary/aromatic N) is 1. The van der Waals surface area contributed by atoms with Crippen LogP contribution in [-0.4, -0.2) is 17.4 Å². The number of carbonyl (C=O) groups is 1. The summed E-state index contributed by atoms with van der Waals surface area (Å²) < 4.78 is 5.27. The summed E-state index contributed by atoms with van der Waals surface area (Å²) in [4.78, 5) is 16.8. The molecule has 5 heteroatoms. The number of amides is 1. The zero-order valence-corrected chi connectivity index (χ0v) is 10.4. The maximum absolute atomic E-state index is 11.9. The molecule has 2 heterocycles. The molecule has 90 valence electrons. The molecule has 2 rings (SSSR count). The number of unbranched alkanes of at least 4 members (excludes halogenated alkanes) is 1. The zero-order valence-electron chi connectivity index (χ0n) is 9.60. The number of thiophene rings is 1. The fraction of sp³-hybridized carbons (Fsp3) is 0.333. The van der Waals surface area contributed by atoms with Gasteiger partial charge in [0.1, 0.15) is 0 Å². The van der Waals surface area contributed by atoms with Gasteiger partial charge in [-0.2, -0.15) is 0 Å². The van der Waals surface area contributed by atoms with E-state index in [1.807, 2.05) is 17.5 Å². The lowest BCUT2D eigenvalue weighted by Gasteiger charge is -2.02. The van der Waals surface area contributed by atoms with Gasteiger partial charge in [0.15, 0.2) is 17.8 Å². The molecule has 0 aliphatic rings. The molecule has 0 atom stereocenters. The molecule has 0 saturated heterocycles. The van der Waals surface area contributed by atoms with Crippen LogP contribution < -0.4 is 5.32 Å². The van der Waals surface area contributed by atoms with Crippen molar-refractivity contribution < 1.29 is 9.21 Å². The van der Waals surface area contributed by atoms with Crippen molar-refractivity contribution in [2.24, 2.45) is 0 Å². The maximum Gasteiger partial charge on any atom is 0.273 e. The predicted octanol–water partition coefficient (Wildman–Crippen LogP) is 2.93. The molecule has 0 unspecified atom stereocenters. The van der Waals surface area contributed by atoms with Crippen molar-refractivity contribution in [3.63, 3.8) is 0 Å². The Morgan fingerprint density at radius 2 is 2.47 bits per heavy atom. The van der Waals surface area contributed by atoms with Crippen molar-refractivity contribution in [3.8, 4) is 10.6 Å². The molecule has 0 bridgehead atoms. The van der Waals surface area contributed by atoms with E-state index in [4.69, 9.17) is 4.42 Å². The van der Waals surface area contributed by atoms with Crippen LogP contribution in [0.5, 0.6) is 0 Å². The minimum Gasteiger partial charge on any atom is -0.442 e. The van der Waals surface area contributed by atoms with Crippen LogP contribution in [0, 0.1) is 0 Å². The van der Waals surface area contributed by atoms with Gasteiger partial charge in [0.25, 0.3) is 5.91 Å². The van der Waals surface area contributed by atoms with Crippen LogP contribution in [-0.2, 0) is 0 Å². The van der Waals surface area contributed by atoms with Crippen molar-refractivity contribution in [2.45, 2.75) is 19.8 Å². The van der Waals surface area contributed by atoms with Gasteiger partial charge < -0.3 is 9.73 Å². The Kier molecular flexibility index (Phi) is 3.93. The van der Waals surface area contributed by atoms with E-state index in [0.29, 0.717) is 18.0 Å². The summed E-state index contributed by atoms with van der Waals surface area (Å²) in [5, 5.41) is 4.77. The first kappa shape index (κ1) is 11.9. The van der Waals surface area contributed by atoms with Gasteiger partial charge in [-0.25, -0.2) is 4.98 Å². The van der Waals surface area contributed by atoms with E-state index in [1.54, 1.807) is 0 Å². The largest absolute Gasteiger partial charge is 0.442 e. The number of hydrogen-bond acceptors (Lipinski definition) is 4. The number of hydrogen-bond donors (Lipinski definition) is 1. The quantitative estimate of drug-likeness (QED) is 0.830. The van der Waals surface area contributed by atoms with E-state index in [-0.39, 0.29) is 5.91 Å². The second-order valence-electron chi connectivity index (χ2n) is 3.62. The highest BCUT2D eigenvalue weighted by Crippen LogP contribution is 2.27. The third kappa shape index (κ3) is 2.74. The van der Waals surface area contributed by atoms with Crippen LogP contribution in [0.3, 0.4) is 0 Å². The first-order chi connectivity index (χ1) is 8.33. The van der Waals surface area contributed by atoms with Crippen LogP contribution in [0.15, 0.2) is 28.3 Å². The highest BCUT2D eigenvalue weighted by atomic mass is 32.1. The molecule has 0 aromatic carbocycles. The van der Waals surface area contributed by atoms with Gasteiger partial charge in [-0.05, 0) is 17.9 Å². The lowest BCUT2D eigenvalue weighted by molar-refractivity contribution is 0.0949. The topological polar surface area (TPSA) is 55.1 Å². The summed E-state index contributed by atoms with van der Waals surface area (Å²) in [5.41, 5.74) is 0.364. The predicted molar refractivity (Wildman–Crippen MR) is 67.1 cm³/mol. The summed E-state index contributed by atoms with van der Waals surface area (Å²) in [7, 11) is 0. The van der Waals surface area contributed by atoms with Crippen molar-refractivity contribution in [2.75, 3.05) is 6.54 Å². The number of aromatic nitrogens is 1. The van der Waals surface area contributed by atoms with Crippen molar-refractivity contribution >= 4 is 17.2 Å². The molecule has 1 amide bonds. The molecule has 0 fully saturated rings. The highest BCUT2D eigenvalue weighted by Gasteiger charge is 2.18. The fourth-order valence-corrected chi connectivity index (χ4v) is 2.17. The Morgan fingerprint density at radius 1 is 1.59 bits per heavy atom. The average Bonchev–Trinajstić information content (AvgIpc) is 2.99. The van der Waals surface area contributed by atoms with E-state index in [9.17, 15) is 4.79 Å². The smallest absolute Gasteiger partial charge is 0.273 e. The van der Waals surface area contributed by atoms with Crippen molar-refractivity contribution in [3.05, 3.63) is 29.6 Å². The molecule has 0 saturated carbocycles. The fourth-order valence-electron chi connectivity index (χ4n) is 1.45. The molecule has 0 radical (unpaired) electrons. The lowest BCUT2D eigenvalue weighted by atomic mass is 10.2. The number of carbonyl (C=O) groups excluding carboxylic acids is 1.